The first-order chi connectivity index (χ1) is 3.91. The minimum Gasteiger partial charge on any atom is -0.180 e. The Morgan fingerprint density at radius 1 is 1.50 bits per heavy atom. The average Bonchev–Trinajstić information content (AvgIpc) is 2.17. The molecule has 8 heavy (non-hydrogen) atoms. The highest BCUT2D eigenvalue weighted by Gasteiger charge is 1.85. The molecule has 0 nitrogen and oxygen atoms in total. The molecule has 0 aliphatic carbocycles. The molecule has 0 aromatic carbocycles. The van der Waals surface area contributed by atoms with Crippen molar-refractivity contribution in [3.05, 3.63) is 10.8 Å². The Morgan fingerprint density at radius 3 is 2.00 bits per heavy atom. The van der Waals surface area contributed by atoms with Crippen LogP contribution in [0.15, 0.2) is 10.8 Å². The molecule has 0 spiro atoms. The van der Waals surface area contributed by atoms with Crippen LogP contribution < -0.4 is 0 Å². The molecule has 0 bridgehead atoms. The number of hydrogen-bond acceptors (Lipinski definition) is 3. The van der Waals surface area contributed by atoms with Gasteiger partial charge in [0.25, 0.3) is 0 Å². The van der Waals surface area contributed by atoms with E-state index < -0.39 is 0 Å². The van der Waals surface area contributed by atoms with Gasteiger partial charge in [-0.15, -0.1) is 23.5 Å². The van der Waals surface area contributed by atoms with Crippen LogP contribution in [0.3, 0.4) is 0 Å². The molecule has 3 heteroatoms. The minimum atomic E-state index is 0.944. The van der Waals surface area contributed by atoms with Crippen molar-refractivity contribution in [3.8, 4) is 0 Å². The molecule has 1 aliphatic heterocycles. The summed E-state index contributed by atoms with van der Waals surface area (Å²) in [5.74, 6) is 0.944. The van der Waals surface area contributed by atoms with E-state index in [1.807, 2.05) is 30.4 Å². The second-order valence-electron chi connectivity index (χ2n) is 1.04. The van der Waals surface area contributed by atoms with Crippen LogP contribution in [0.5, 0.6) is 0 Å². The summed E-state index contributed by atoms with van der Waals surface area (Å²) in [7, 11) is 0. The lowest BCUT2D eigenvalue weighted by molar-refractivity contribution is 1.54. The molecule has 1 aliphatic rings. The molecule has 1 heterocycles. The predicted molar refractivity (Wildman–Crippen MR) is 48.7 cm³/mol. The predicted octanol–water partition coefficient (Wildman–Crippen LogP) is 2.83. The summed E-state index contributed by atoms with van der Waals surface area (Å²) in [6.45, 7) is 1.99. The topological polar surface area (TPSA) is 0 Å². The zero-order valence-electron chi connectivity index (χ0n) is 4.83. The van der Waals surface area contributed by atoms with Gasteiger partial charge in [-0.1, -0.05) is 6.92 Å². The number of rotatable bonds is 0. The largest absolute Gasteiger partial charge is 0.180 e. The summed E-state index contributed by atoms with van der Waals surface area (Å²) < 4.78 is 0. The van der Waals surface area contributed by atoms with E-state index in [2.05, 4.69) is 23.4 Å². The Bertz CT molecular complexity index is 54.7. The molecule has 0 saturated heterocycles. The van der Waals surface area contributed by atoms with E-state index in [1.165, 1.54) is 5.08 Å². The highest BCUT2D eigenvalue weighted by molar-refractivity contribution is 8.21. The van der Waals surface area contributed by atoms with Crippen LogP contribution in [0.25, 0.3) is 0 Å². The first kappa shape index (κ1) is 8.79. The summed E-state index contributed by atoms with van der Waals surface area (Å²) in [6, 6.07) is 0. The van der Waals surface area contributed by atoms with Gasteiger partial charge in [0.2, 0.25) is 0 Å². The number of hydrogen-bond donors (Lipinski definition) is 1. The molecule has 1 rings (SSSR count). The average molecular weight is 166 g/mol. The quantitative estimate of drug-likeness (QED) is 0.550. The maximum absolute atomic E-state index is 3.79. The van der Waals surface area contributed by atoms with Crippen LogP contribution in [-0.4, -0.2) is 10.8 Å². The first-order valence-electron chi connectivity index (χ1n) is 2.41. The third-order valence-electron chi connectivity index (χ3n) is 0.384. The van der Waals surface area contributed by atoms with Crippen LogP contribution in [0.2, 0.25) is 0 Å². The van der Waals surface area contributed by atoms with Crippen LogP contribution in [-0.2, 0) is 0 Å². The summed E-state index contributed by atoms with van der Waals surface area (Å²) in [6.07, 6.45) is 0. The second kappa shape index (κ2) is 7.79. The van der Waals surface area contributed by atoms with Gasteiger partial charge in [-0.2, -0.15) is 12.6 Å². The molecule has 0 atom stereocenters. The van der Waals surface area contributed by atoms with E-state index >= 15 is 0 Å². The first-order valence-corrected chi connectivity index (χ1v) is 5.14. The Labute approximate surface area is 64.9 Å². The molecule has 48 valence electrons. The fourth-order valence-electron chi connectivity index (χ4n) is 0.196. The van der Waals surface area contributed by atoms with Crippen molar-refractivity contribution >= 4 is 36.2 Å². The summed E-state index contributed by atoms with van der Waals surface area (Å²) in [5.41, 5.74) is 0. The zero-order chi connectivity index (χ0) is 6.24. The lowest BCUT2D eigenvalue weighted by Gasteiger charge is -1.69. The maximum atomic E-state index is 3.79. The van der Waals surface area contributed by atoms with Crippen molar-refractivity contribution in [2.75, 3.05) is 10.8 Å². The molecule has 0 radical (unpaired) electrons. The van der Waals surface area contributed by atoms with Crippen molar-refractivity contribution in [2.45, 2.75) is 6.92 Å². The van der Waals surface area contributed by atoms with Gasteiger partial charge in [0.15, 0.2) is 0 Å². The van der Waals surface area contributed by atoms with Gasteiger partial charge in [-0.25, -0.2) is 0 Å². The standard InChI is InChI=1S/C3H4S2.C2H6S/c1-2-5-3-4-1;1-2-3/h1-2H,3H2;3H,2H2,1H3. The van der Waals surface area contributed by atoms with Crippen molar-refractivity contribution in [1.82, 2.24) is 0 Å². The van der Waals surface area contributed by atoms with Crippen molar-refractivity contribution in [1.29, 1.82) is 0 Å². The van der Waals surface area contributed by atoms with Crippen LogP contribution in [0.1, 0.15) is 6.92 Å². The van der Waals surface area contributed by atoms with Gasteiger partial charge >= 0.3 is 0 Å². The van der Waals surface area contributed by atoms with Gasteiger partial charge < -0.3 is 0 Å². The molecular weight excluding hydrogens is 156 g/mol. The third kappa shape index (κ3) is 6.79. The normalized spacial score (nSPS) is 15.2. The van der Waals surface area contributed by atoms with Crippen LogP contribution in [0.4, 0.5) is 0 Å². The smallest absolute Gasteiger partial charge is 0.0475 e. The van der Waals surface area contributed by atoms with Crippen LogP contribution >= 0.6 is 36.2 Å². The van der Waals surface area contributed by atoms with Gasteiger partial charge in [0, 0.05) is 5.08 Å². The van der Waals surface area contributed by atoms with Crippen molar-refractivity contribution in [2.24, 2.45) is 0 Å². The maximum Gasteiger partial charge on any atom is 0.0475 e. The molecular formula is C5H10S3. The summed E-state index contributed by atoms with van der Waals surface area (Å²) in [5, 5.41) is 5.45. The molecule has 0 N–H and O–H groups in total. The third-order valence-corrected chi connectivity index (χ3v) is 2.30. The lowest BCUT2D eigenvalue weighted by Crippen LogP contribution is -1.42. The lowest BCUT2D eigenvalue weighted by atomic mass is 11.0. The summed E-state index contributed by atoms with van der Waals surface area (Å²) >= 11 is 7.50. The highest BCUT2D eigenvalue weighted by atomic mass is 32.2. The Kier molecular flexibility index (Phi) is 8.56. The fraction of sp³-hybridized carbons (Fsp3) is 0.600. The zero-order valence-corrected chi connectivity index (χ0v) is 7.36. The van der Waals surface area contributed by atoms with E-state index in [-0.39, 0.29) is 0 Å². The van der Waals surface area contributed by atoms with Crippen molar-refractivity contribution in [3.63, 3.8) is 0 Å². The molecule has 0 unspecified atom stereocenters. The Morgan fingerprint density at radius 2 is 1.88 bits per heavy atom. The van der Waals surface area contributed by atoms with E-state index in [0.717, 1.165) is 5.75 Å². The Balaban J connectivity index is 0.000000145. The minimum absolute atomic E-state index is 0.944. The number of thiol groups is 1. The second-order valence-corrected chi connectivity index (χ2v) is 3.83. The highest BCUT2D eigenvalue weighted by Crippen LogP contribution is 2.22. The monoisotopic (exact) mass is 166 g/mol. The molecule has 0 aromatic rings. The van der Waals surface area contributed by atoms with E-state index in [9.17, 15) is 0 Å². The molecule has 0 fully saturated rings. The molecule has 0 saturated carbocycles. The van der Waals surface area contributed by atoms with E-state index in [0.29, 0.717) is 0 Å². The van der Waals surface area contributed by atoms with Gasteiger partial charge in [-0.3, -0.25) is 0 Å². The number of thioether (sulfide) groups is 2. The molecule has 0 aromatic heterocycles. The fourth-order valence-corrected chi connectivity index (χ4v) is 1.77. The van der Waals surface area contributed by atoms with Gasteiger partial charge in [0.05, 0.1) is 0 Å². The molecule has 0 amide bonds. The van der Waals surface area contributed by atoms with E-state index in [1.54, 1.807) is 0 Å². The summed E-state index contributed by atoms with van der Waals surface area (Å²) in [4.78, 5) is 0. The SMILES string of the molecule is C1=CSCS1.CCS. The van der Waals surface area contributed by atoms with Crippen molar-refractivity contribution < 1.29 is 0 Å². The van der Waals surface area contributed by atoms with Gasteiger partial charge in [0.1, 0.15) is 0 Å². The van der Waals surface area contributed by atoms with E-state index in [4.69, 9.17) is 0 Å². The van der Waals surface area contributed by atoms with Crippen LogP contribution in [0, 0.1) is 0 Å². The Hall–Kier alpha value is 0.790. The van der Waals surface area contributed by atoms with Gasteiger partial charge in [-0.05, 0) is 16.6 Å².